The lowest BCUT2D eigenvalue weighted by Crippen LogP contribution is -2.27. The van der Waals surface area contributed by atoms with E-state index in [4.69, 9.17) is 15.2 Å². The van der Waals surface area contributed by atoms with Gasteiger partial charge in [0.15, 0.2) is 11.5 Å². The van der Waals surface area contributed by atoms with Crippen molar-refractivity contribution in [3.8, 4) is 11.5 Å². The van der Waals surface area contributed by atoms with Crippen LogP contribution in [0, 0.1) is 0 Å². The highest BCUT2D eigenvalue weighted by molar-refractivity contribution is 5.61. The average Bonchev–Trinajstić information content (AvgIpc) is 3.16. The Morgan fingerprint density at radius 1 is 1.08 bits per heavy atom. The molecule has 4 rings (SSSR count). The van der Waals surface area contributed by atoms with Gasteiger partial charge in [-0.1, -0.05) is 6.07 Å². The number of hydrogen-bond donors (Lipinski definition) is 1. The minimum atomic E-state index is -4.36. The van der Waals surface area contributed by atoms with Gasteiger partial charge in [-0.2, -0.15) is 13.2 Å². The lowest BCUT2D eigenvalue weighted by atomic mass is 10.0. The van der Waals surface area contributed by atoms with Gasteiger partial charge in [-0.15, -0.1) is 0 Å². The molecule has 0 saturated carbocycles. The third kappa shape index (κ3) is 2.36. The normalized spacial score (nSPS) is 18.8. The first-order valence-electron chi connectivity index (χ1n) is 7.54. The molecule has 2 aliphatic rings. The van der Waals surface area contributed by atoms with Gasteiger partial charge in [0.05, 0.1) is 11.6 Å². The van der Waals surface area contributed by atoms with Gasteiger partial charge in [0.2, 0.25) is 6.79 Å². The molecule has 0 aromatic heterocycles. The van der Waals surface area contributed by atoms with E-state index in [1.165, 1.54) is 12.1 Å². The summed E-state index contributed by atoms with van der Waals surface area (Å²) >= 11 is 0. The summed E-state index contributed by atoms with van der Waals surface area (Å²) in [7, 11) is 0. The molecular formula is C17H15F3N2O2. The molecule has 0 fully saturated rings. The molecule has 0 aliphatic carbocycles. The van der Waals surface area contributed by atoms with Gasteiger partial charge in [-0.3, -0.25) is 0 Å². The van der Waals surface area contributed by atoms with Gasteiger partial charge < -0.3 is 20.1 Å². The maximum atomic E-state index is 13.0. The maximum Gasteiger partial charge on any atom is 0.416 e. The first-order chi connectivity index (χ1) is 11.5. The number of anilines is 1. The fraction of sp³-hybridized carbons (Fsp3) is 0.294. The zero-order valence-electron chi connectivity index (χ0n) is 12.6. The van der Waals surface area contributed by atoms with Crippen molar-refractivity contribution in [3.05, 3.63) is 53.1 Å². The highest BCUT2D eigenvalue weighted by atomic mass is 19.4. The molecule has 1 atom stereocenters. The molecule has 4 nitrogen and oxygen atoms in total. The second-order valence-electron chi connectivity index (χ2n) is 5.83. The fourth-order valence-electron chi connectivity index (χ4n) is 3.28. The average molecular weight is 336 g/mol. The van der Waals surface area contributed by atoms with Crippen LogP contribution in [0.3, 0.4) is 0 Å². The van der Waals surface area contributed by atoms with Crippen molar-refractivity contribution in [2.75, 3.05) is 18.2 Å². The minimum absolute atomic E-state index is 0.175. The van der Waals surface area contributed by atoms with Crippen molar-refractivity contribution in [1.82, 2.24) is 0 Å². The van der Waals surface area contributed by atoms with Gasteiger partial charge in [-0.05, 0) is 35.4 Å². The summed E-state index contributed by atoms with van der Waals surface area (Å²) in [4.78, 5) is 1.99. The number of rotatable bonds is 2. The molecular weight excluding hydrogens is 321 g/mol. The summed E-state index contributed by atoms with van der Waals surface area (Å²) in [6, 6.07) is 9.06. The molecule has 0 spiro atoms. The topological polar surface area (TPSA) is 47.7 Å². The Hall–Kier alpha value is -2.41. The highest BCUT2D eigenvalue weighted by Crippen LogP contribution is 2.43. The van der Waals surface area contributed by atoms with E-state index in [1.807, 2.05) is 17.0 Å². The summed E-state index contributed by atoms with van der Waals surface area (Å²) in [6.07, 6.45) is -4.36. The summed E-state index contributed by atoms with van der Waals surface area (Å²) < 4.78 is 49.6. The number of fused-ring (bicyclic) bond motifs is 2. The Morgan fingerprint density at radius 2 is 1.88 bits per heavy atom. The molecule has 2 heterocycles. The van der Waals surface area contributed by atoms with Crippen molar-refractivity contribution >= 4 is 5.69 Å². The van der Waals surface area contributed by atoms with Crippen LogP contribution in [0.5, 0.6) is 11.5 Å². The van der Waals surface area contributed by atoms with Crippen molar-refractivity contribution < 1.29 is 22.6 Å². The fourth-order valence-corrected chi connectivity index (χ4v) is 3.28. The standard InChI is InChI=1S/C17H15F3N2O2/c18-17(19,20)11-2-1-10-8-22(14(7-21)13(10)5-11)12-3-4-15-16(6-12)24-9-23-15/h1-6,14H,7-9,21H2. The molecule has 0 amide bonds. The highest BCUT2D eigenvalue weighted by Gasteiger charge is 2.35. The molecule has 1 unspecified atom stereocenters. The number of halogens is 3. The van der Waals surface area contributed by atoms with E-state index in [0.717, 1.165) is 17.3 Å². The van der Waals surface area contributed by atoms with Gasteiger partial charge in [0.1, 0.15) is 0 Å². The second kappa shape index (κ2) is 5.31. The van der Waals surface area contributed by atoms with Crippen LogP contribution in [0.15, 0.2) is 36.4 Å². The van der Waals surface area contributed by atoms with Crippen LogP contribution >= 0.6 is 0 Å². The smallest absolute Gasteiger partial charge is 0.416 e. The zero-order valence-corrected chi connectivity index (χ0v) is 12.6. The Bertz CT molecular complexity index is 792. The number of alkyl halides is 3. The van der Waals surface area contributed by atoms with Crippen LogP contribution in [0.1, 0.15) is 22.7 Å². The van der Waals surface area contributed by atoms with E-state index < -0.39 is 11.7 Å². The lowest BCUT2D eigenvalue weighted by Gasteiger charge is -2.26. The van der Waals surface area contributed by atoms with E-state index >= 15 is 0 Å². The number of benzene rings is 2. The zero-order chi connectivity index (χ0) is 16.9. The number of nitrogens with zero attached hydrogens (tertiary/aromatic N) is 1. The van der Waals surface area contributed by atoms with Crippen molar-refractivity contribution in [2.24, 2.45) is 5.73 Å². The van der Waals surface area contributed by atoms with Gasteiger partial charge in [0.25, 0.3) is 0 Å². The second-order valence-corrected chi connectivity index (χ2v) is 5.83. The monoisotopic (exact) mass is 336 g/mol. The van der Waals surface area contributed by atoms with Gasteiger partial charge in [-0.25, -0.2) is 0 Å². The van der Waals surface area contributed by atoms with Crippen LogP contribution in [-0.2, 0) is 12.7 Å². The Morgan fingerprint density at radius 3 is 2.62 bits per heavy atom. The Kier molecular flexibility index (Phi) is 3.35. The molecule has 0 radical (unpaired) electrons. The summed E-state index contributed by atoms with van der Waals surface area (Å²) in [6.45, 7) is 0.909. The van der Waals surface area contributed by atoms with E-state index in [0.29, 0.717) is 23.6 Å². The van der Waals surface area contributed by atoms with Crippen LogP contribution in [0.2, 0.25) is 0 Å². The predicted molar refractivity (Wildman–Crippen MR) is 82.0 cm³/mol. The summed E-state index contributed by atoms with van der Waals surface area (Å²) in [5.74, 6) is 1.30. The first kappa shape index (κ1) is 15.1. The van der Waals surface area contributed by atoms with E-state index in [-0.39, 0.29) is 19.4 Å². The third-order valence-electron chi connectivity index (χ3n) is 4.46. The number of ether oxygens (including phenoxy) is 2. The van der Waals surface area contributed by atoms with Gasteiger partial charge >= 0.3 is 6.18 Å². The summed E-state index contributed by atoms with van der Waals surface area (Å²) in [5.41, 5.74) is 7.56. The van der Waals surface area contributed by atoms with Crippen LogP contribution in [0.4, 0.5) is 18.9 Å². The third-order valence-corrected chi connectivity index (χ3v) is 4.46. The molecule has 0 saturated heterocycles. The van der Waals surface area contributed by atoms with Crippen LogP contribution in [-0.4, -0.2) is 13.3 Å². The molecule has 2 aromatic carbocycles. The minimum Gasteiger partial charge on any atom is -0.454 e. The largest absolute Gasteiger partial charge is 0.454 e. The first-order valence-corrected chi connectivity index (χ1v) is 7.54. The lowest BCUT2D eigenvalue weighted by molar-refractivity contribution is -0.137. The molecule has 7 heteroatoms. The van der Waals surface area contributed by atoms with E-state index in [2.05, 4.69) is 0 Å². The maximum absolute atomic E-state index is 13.0. The van der Waals surface area contributed by atoms with E-state index in [1.54, 1.807) is 6.07 Å². The SMILES string of the molecule is NCC1c2cc(C(F)(F)F)ccc2CN1c1ccc2c(c1)OCO2. The molecule has 126 valence electrons. The van der Waals surface area contributed by atoms with E-state index in [9.17, 15) is 13.2 Å². The molecule has 24 heavy (non-hydrogen) atoms. The van der Waals surface area contributed by atoms with Crippen molar-refractivity contribution in [3.63, 3.8) is 0 Å². The quantitative estimate of drug-likeness (QED) is 0.912. The van der Waals surface area contributed by atoms with Crippen molar-refractivity contribution in [1.29, 1.82) is 0 Å². The Labute approximate surface area is 136 Å². The van der Waals surface area contributed by atoms with Crippen molar-refractivity contribution in [2.45, 2.75) is 18.8 Å². The molecule has 2 aliphatic heterocycles. The predicted octanol–water partition coefficient (Wildman–Crippen LogP) is 3.45. The number of hydrogen-bond acceptors (Lipinski definition) is 4. The Balaban J connectivity index is 1.71. The molecule has 2 aromatic rings. The van der Waals surface area contributed by atoms with Crippen LogP contribution < -0.4 is 20.1 Å². The molecule has 0 bridgehead atoms. The summed E-state index contributed by atoms with van der Waals surface area (Å²) in [5, 5.41) is 0. The number of nitrogens with two attached hydrogens (primary N) is 1. The van der Waals surface area contributed by atoms with Crippen LogP contribution in [0.25, 0.3) is 0 Å². The van der Waals surface area contributed by atoms with Gasteiger partial charge in [0, 0.05) is 24.8 Å². The molecule has 2 N–H and O–H groups in total.